The van der Waals surface area contributed by atoms with Crippen LogP contribution in [0.4, 0.5) is 4.39 Å². The van der Waals surface area contributed by atoms with Crippen LogP contribution < -0.4 is 5.56 Å². The van der Waals surface area contributed by atoms with Crippen LogP contribution >= 0.6 is 11.8 Å². The third-order valence-corrected chi connectivity index (χ3v) is 7.02. The number of benzene rings is 3. The lowest BCUT2D eigenvalue weighted by atomic mass is 10.1. The fourth-order valence-electron chi connectivity index (χ4n) is 4.24. The van der Waals surface area contributed by atoms with E-state index < -0.39 is 5.82 Å². The van der Waals surface area contributed by atoms with Gasteiger partial charge in [0.1, 0.15) is 5.82 Å². The molecule has 0 aliphatic carbocycles. The number of nitrogens with zero attached hydrogens (tertiary/aromatic N) is 3. The van der Waals surface area contributed by atoms with E-state index in [1.807, 2.05) is 35.2 Å². The lowest BCUT2D eigenvalue weighted by Gasteiger charge is -2.26. The number of thioether (sulfide) groups is 1. The molecular weight excluding hydrogens is 449 g/mol. The summed E-state index contributed by atoms with van der Waals surface area (Å²) in [4.78, 5) is 33.2. The third-order valence-electron chi connectivity index (χ3n) is 6.01. The molecule has 1 saturated heterocycles. The molecule has 0 bridgehead atoms. The van der Waals surface area contributed by atoms with E-state index in [-0.39, 0.29) is 11.5 Å². The van der Waals surface area contributed by atoms with Gasteiger partial charge in [-0.2, -0.15) is 0 Å². The number of likely N-dealkylation sites (tertiary alicyclic amines) is 1. The summed E-state index contributed by atoms with van der Waals surface area (Å²) >= 11 is 1.41. The van der Waals surface area contributed by atoms with Crippen LogP contribution in [0.1, 0.15) is 35.2 Å². The predicted molar refractivity (Wildman–Crippen MR) is 133 cm³/mol. The lowest BCUT2D eigenvalue weighted by Crippen LogP contribution is -2.35. The highest BCUT2D eigenvalue weighted by molar-refractivity contribution is 7.98. The van der Waals surface area contributed by atoms with Crippen LogP contribution in [0.15, 0.2) is 82.7 Å². The zero-order valence-corrected chi connectivity index (χ0v) is 19.4. The van der Waals surface area contributed by atoms with Gasteiger partial charge in [-0.05, 0) is 61.2 Å². The van der Waals surface area contributed by atoms with Crippen LogP contribution in [0.3, 0.4) is 0 Å². The first kappa shape index (κ1) is 22.3. The monoisotopic (exact) mass is 473 g/mol. The van der Waals surface area contributed by atoms with Gasteiger partial charge >= 0.3 is 0 Å². The van der Waals surface area contributed by atoms with Gasteiger partial charge in [0, 0.05) is 24.4 Å². The van der Waals surface area contributed by atoms with Crippen molar-refractivity contribution in [3.8, 4) is 5.69 Å². The Balaban J connectivity index is 1.59. The van der Waals surface area contributed by atoms with Gasteiger partial charge in [-0.1, -0.05) is 48.2 Å². The Hall–Kier alpha value is -3.45. The van der Waals surface area contributed by atoms with Crippen molar-refractivity contribution < 1.29 is 9.18 Å². The molecule has 34 heavy (non-hydrogen) atoms. The minimum absolute atomic E-state index is 0.0313. The molecule has 7 heteroatoms. The molecule has 1 amide bonds. The molecular formula is C27H24FN3O2S. The Kier molecular flexibility index (Phi) is 6.45. The van der Waals surface area contributed by atoms with E-state index in [4.69, 9.17) is 4.98 Å². The van der Waals surface area contributed by atoms with Crippen molar-refractivity contribution in [1.82, 2.24) is 14.5 Å². The van der Waals surface area contributed by atoms with E-state index >= 15 is 0 Å². The van der Waals surface area contributed by atoms with Crippen molar-refractivity contribution in [2.24, 2.45) is 0 Å². The summed E-state index contributed by atoms with van der Waals surface area (Å²) < 4.78 is 15.5. The molecule has 0 radical (unpaired) electrons. The van der Waals surface area contributed by atoms with E-state index in [1.54, 1.807) is 30.3 Å². The Bertz CT molecular complexity index is 1400. The summed E-state index contributed by atoms with van der Waals surface area (Å²) in [6, 6.07) is 20.9. The molecule has 5 rings (SSSR count). The maximum absolute atomic E-state index is 14.0. The topological polar surface area (TPSA) is 55.2 Å². The average molecular weight is 474 g/mol. The zero-order valence-electron chi connectivity index (χ0n) is 18.6. The van der Waals surface area contributed by atoms with Gasteiger partial charge in [0.05, 0.1) is 16.6 Å². The van der Waals surface area contributed by atoms with Crippen molar-refractivity contribution in [1.29, 1.82) is 0 Å². The second-order valence-corrected chi connectivity index (χ2v) is 9.32. The number of amides is 1. The Labute approximate surface area is 201 Å². The largest absolute Gasteiger partial charge is 0.339 e. The van der Waals surface area contributed by atoms with Gasteiger partial charge in [-0.15, -0.1) is 0 Å². The number of rotatable bonds is 5. The van der Waals surface area contributed by atoms with Crippen LogP contribution in [0.25, 0.3) is 16.6 Å². The first-order valence-electron chi connectivity index (χ1n) is 11.4. The van der Waals surface area contributed by atoms with Crippen molar-refractivity contribution in [2.45, 2.75) is 30.2 Å². The minimum atomic E-state index is -0.425. The molecule has 1 aliphatic heterocycles. The van der Waals surface area contributed by atoms with Gasteiger partial charge in [-0.25, -0.2) is 9.37 Å². The molecule has 1 fully saturated rings. The van der Waals surface area contributed by atoms with Crippen molar-refractivity contribution in [2.75, 3.05) is 13.1 Å². The highest BCUT2D eigenvalue weighted by Crippen LogP contribution is 2.26. The predicted octanol–water partition coefficient (Wildman–Crippen LogP) is 5.44. The fraction of sp³-hybridized carbons (Fsp3) is 0.222. The quantitative estimate of drug-likeness (QED) is 0.286. The Morgan fingerprint density at radius 1 is 0.941 bits per heavy atom. The van der Waals surface area contributed by atoms with Crippen LogP contribution in [-0.4, -0.2) is 33.4 Å². The number of piperidine rings is 1. The highest BCUT2D eigenvalue weighted by Gasteiger charge is 2.20. The maximum Gasteiger partial charge on any atom is 0.266 e. The molecule has 172 valence electrons. The second kappa shape index (κ2) is 9.81. The van der Waals surface area contributed by atoms with Crippen LogP contribution in [0.2, 0.25) is 0 Å². The number of fused-ring (bicyclic) bond motifs is 1. The van der Waals surface area contributed by atoms with Crippen LogP contribution in [-0.2, 0) is 5.75 Å². The summed E-state index contributed by atoms with van der Waals surface area (Å²) in [6.45, 7) is 1.51. The lowest BCUT2D eigenvalue weighted by molar-refractivity contribution is 0.0724. The molecule has 0 atom stereocenters. The molecule has 1 aliphatic rings. The van der Waals surface area contributed by atoms with Gasteiger partial charge < -0.3 is 4.90 Å². The minimum Gasteiger partial charge on any atom is -0.339 e. The summed E-state index contributed by atoms with van der Waals surface area (Å²) in [5.41, 5.74) is 2.22. The molecule has 0 spiro atoms. The van der Waals surface area contributed by atoms with Gasteiger partial charge in [0.15, 0.2) is 5.16 Å². The van der Waals surface area contributed by atoms with Gasteiger partial charge in [0.25, 0.3) is 11.5 Å². The van der Waals surface area contributed by atoms with Gasteiger partial charge in [-0.3, -0.25) is 14.2 Å². The van der Waals surface area contributed by atoms with Crippen molar-refractivity contribution in [3.63, 3.8) is 0 Å². The SMILES string of the molecule is O=C(c1ccc2c(=O)n(-c3cccc(F)c3)c(SCc3ccccc3)nc2c1)N1CCCCC1. The summed E-state index contributed by atoms with van der Waals surface area (Å²) in [6.07, 6.45) is 3.16. The fourth-order valence-corrected chi connectivity index (χ4v) is 5.21. The normalized spacial score (nSPS) is 13.9. The first-order chi connectivity index (χ1) is 16.6. The molecule has 1 aromatic heterocycles. The second-order valence-electron chi connectivity index (χ2n) is 8.37. The maximum atomic E-state index is 14.0. The summed E-state index contributed by atoms with van der Waals surface area (Å²) in [5.74, 6) is 0.141. The molecule has 0 unspecified atom stereocenters. The molecule has 4 aromatic rings. The Morgan fingerprint density at radius 3 is 2.50 bits per heavy atom. The number of carbonyl (C=O) groups is 1. The van der Waals surface area contributed by atoms with Crippen molar-refractivity contribution in [3.05, 3.63) is 100 Å². The average Bonchev–Trinajstić information content (AvgIpc) is 2.88. The number of hydrogen-bond acceptors (Lipinski definition) is 4. The first-order valence-corrected chi connectivity index (χ1v) is 12.4. The standard InChI is InChI=1S/C27H24FN3O2S/c28-21-10-7-11-22(17-21)31-26(33)23-13-12-20(25(32)30-14-5-2-6-15-30)16-24(23)29-27(31)34-18-19-8-3-1-4-9-19/h1,3-4,7-13,16-17H,2,5-6,14-15,18H2. The third kappa shape index (κ3) is 4.61. The van der Waals surface area contributed by atoms with E-state index in [9.17, 15) is 14.0 Å². The molecule has 0 saturated carbocycles. The molecule has 5 nitrogen and oxygen atoms in total. The van der Waals surface area contributed by atoms with Gasteiger partial charge in [0.2, 0.25) is 0 Å². The van der Waals surface area contributed by atoms with E-state index in [2.05, 4.69) is 0 Å². The van der Waals surface area contributed by atoms with Crippen molar-refractivity contribution >= 4 is 28.6 Å². The van der Waals surface area contributed by atoms with Crippen LogP contribution in [0, 0.1) is 5.82 Å². The molecule has 2 heterocycles. The summed E-state index contributed by atoms with van der Waals surface area (Å²) in [7, 11) is 0. The number of carbonyl (C=O) groups excluding carboxylic acids is 1. The molecule has 3 aromatic carbocycles. The smallest absolute Gasteiger partial charge is 0.266 e. The number of halogens is 1. The highest BCUT2D eigenvalue weighted by atomic mass is 32.2. The molecule has 0 N–H and O–H groups in total. The number of hydrogen-bond donors (Lipinski definition) is 0. The Morgan fingerprint density at radius 2 is 1.74 bits per heavy atom. The van der Waals surface area contributed by atoms with E-state index in [0.29, 0.717) is 33.1 Å². The number of aromatic nitrogens is 2. The van der Waals surface area contributed by atoms with Crippen LogP contribution in [0.5, 0.6) is 0 Å². The zero-order chi connectivity index (χ0) is 23.5. The van der Waals surface area contributed by atoms with E-state index in [0.717, 1.165) is 37.9 Å². The van der Waals surface area contributed by atoms with E-state index in [1.165, 1.54) is 28.5 Å². The summed E-state index contributed by atoms with van der Waals surface area (Å²) in [5, 5.41) is 0.845.